The molecular weight excluding hydrogens is 715 g/mol. The number of hydrogen-bond acceptors (Lipinski definition) is 9. The Morgan fingerprint density at radius 2 is 0.448 bits per heavy atom. The van der Waals surface area contributed by atoms with E-state index < -0.39 is 0 Å². The van der Waals surface area contributed by atoms with E-state index in [4.69, 9.17) is 44.9 Å². The first-order valence-electron chi connectivity index (χ1n) is 19.1. The molecule has 9 aromatic rings. The molecule has 9 heteroatoms. The summed E-state index contributed by atoms with van der Waals surface area (Å²) >= 11 is 0. The number of benzene rings is 6. The Kier molecular flexibility index (Phi) is 9.61. The Labute approximate surface area is 336 Å². The summed E-state index contributed by atoms with van der Waals surface area (Å²) in [6.45, 7) is 6.32. The molecule has 0 bridgehead atoms. The smallest absolute Gasteiger partial charge is 0.164 e. The van der Waals surface area contributed by atoms with Crippen molar-refractivity contribution >= 4 is 0 Å². The van der Waals surface area contributed by atoms with Crippen molar-refractivity contribution in [1.82, 2.24) is 44.9 Å². The second kappa shape index (κ2) is 15.5. The largest absolute Gasteiger partial charge is 0.212 e. The Balaban J connectivity index is 1.16. The summed E-state index contributed by atoms with van der Waals surface area (Å²) in [6, 6.07) is 55.8. The van der Waals surface area contributed by atoms with Crippen LogP contribution in [0.3, 0.4) is 0 Å². The average Bonchev–Trinajstić information content (AvgIpc) is 3.29. The fourth-order valence-corrected chi connectivity index (χ4v) is 6.44. The highest BCUT2D eigenvalue weighted by Crippen LogP contribution is 2.32. The van der Waals surface area contributed by atoms with E-state index in [2.05, 4.69) is 20.8 Å². The third kappa shape index (κ3) is 7.74. The maximum Gasteiger partial charge on any atom is 0.164 e. The summed E-state index contributed by atoms with van der Waals surface area (Å²) in [7, 11) is 0. The van der Waals surface area contributed by atoms with Crippen LogP contribution in [0, 0.1) is 0 Å². The topological polar surface area (TPSA) is 116 Å². The summed E-state index contributed by atoms with van der Waals surface area (Å²) < 4.78 is 0. The molecule has 0 aliphatic heterocycles. The Hall–Kier alpha value is -7.65. The predicted molar refractivity (Wildman–Crippen MR) is 229 cm³/mol. The van der Waals surface area contributed by atoms with E-state index in [1.54, 1.807) is 0 Å². The molecule has 0 unspecified atom stereocenters. The maximum absolute atomic E-state index is 5.09. The van der Waals surface area contributed by atoms with Gasteiger partial charge in [-0.25, -0.2) is 44.9 Å². The third-order valence-electron chi connectivity index (χ3n) is 9.46. The lowest BCUT2D eigenvalue weighted by Gasteiger charge is -2.18. The van der Waals surface area contributed by atoms with Crippen molar-refractivity contribution in [2.24, 2.45) is 0 Å². The minimum absolute atomic E-state index is 0.297. The zero-order chi connectivity index (χ0) is 39.5. The van der Waals surface area contributed by atoms with Crippen molar-refractivity contribution in [3.05, 3.63) is 176 Å². The lowest BCUT2D eigenvalue weighted by Crippen LogP contribution is -2.18. The lowest BCUT2D eigenvalue weighted by atomic mass is 9.95. The van der Waals surface area contributed by atoms with Crippen molar-refractivity contribution in [3.8, 4) is 91.1 Å². The van der Waals surface area contributed by atoms with E-state index in [1.165, 1.54) is 0 Å². The summed E-state index contributed by atoms with van der Waals surface area (Å²) in [5.41, 5.74) is 6.52. The van der Waals surface area contributed by atoms with E-state index in [9.17, 15) is 0 Å². The van der Waals surface area contributed by atoms with Gasteiger partial charge in [0.25, 0.3) is 0 Å². The molecule has 0 fully saturated rings. The second-order valence-electron chi connectivity index (χ2n) is 14.8. The number of aromatic nitrogens is 9. The Morgan fingerprint density at radius 1 is 0.241 bits per heavy atom. The van der Waals surface area contributed by atoms with Gasteiger partial charge >= 0.3 is 0 Å². The van der Waals surface area contributed by atoms with Crippen LogP contribution in [-0.4, -0.2) is 44.9 Å². The zero-order valence-corrected chi connectivity index (χ0v) is 32.2. The van der Waals surface area contributed by atoms with Crippen LogP contribution in [0.5, 0.6) is 0 Å². The van der Waals surface area contributed by atoms with Gasteiger partial charge in [-0.3, -0.25) is 0 Å². The van der Waals surface area contributed by atoms with Gasteiger partial charge in [-0.15, -0.1) is 0 Å². The van der Waals surface area contributed by atoms with Crippen LogP contribution in [0.4, 0.5) is 0 Å². The fourth-order valence-electron chi connectivity index (χ4n) is 6.44. The van der Waals surface area contributed by atoms with Gasteiger partial charge in [0.05, 0.1) is 0 Å². The summed E-state index contributed by atoms with van der Waals surface area (Å²) in [5, 5.41) is 0. The number of rotatable bonds is 8. The van der Waals surface area contributed by atoms with Crippen molar-refractivity contribution in [2.75, 3.05) is 0 Å². The standard InChI is InChI=1S/C49H37N9/c1-49(2,3)48-57-43(35-24-14-7-15-25-35)55-47(58-48)39-29-17-28-38(31-39)46-54-42(34-22-12-6-13-23-34)53-45(56-46)37-27-16-26-36(30-37)44-51-40(32-18-8-4-9-19-32)50-41(52-44)33-20-10-5-11-21-33/h4-31H,1-3H3. The van der Waals surface area contributed by atoms with Crippen molar-refractivity contribution in [2.45, 2.75) is 26.2 Å². The fraction of sp³-hybridized carbons (Fsp3) is 0.0816. The molecule has 6 aromatic carbocycles. The number of hydrogen-bond donors (Lipinski definition) is 0. The van der Waals surface area contributed by atoms with Crippen molar-refractivity contribution in [1.29, 1.82) is 0 Å². The van der Waals surface area contributed by atoms with Gasteiger partial charge in [-0.2, -0.15) is 0 Å². The summed E-state index contributed by atoms with van der Waals surface area (Å²) in [6.07, 6.45) is 0. The minimum Gasteiger partial charge on any atom is -0.212 e. The molecule has 0 spiro atoms. The first kappa shape index (κ1) is 36.0. The van der Waals surface area contributed by atoms with Crippen LogP contribution in [0.2, 0.25) is 0 Å². The highest BCUT2D eigenvalue weighted by Gasteiger charge is 2.22. The Morgan fingerprint density at radius 3 is 0.707 bits per heavy atom. The Bertz CT molecular complexity index is 2800. The third-order valence-corrected chi connectivity index (χ3v) is 9.46. The molecule has 3 heterocycles. The zero-order valence-electron chi connectivity index (χ0n) is 32.2. The van der Waals surface area contributed by atoms with Crippen molar-refractivity contribution < 1.29 is 0 Å². The molecular formula is C49H37N9. The molecule has 9 rings (SSSR count). The van der Waals surface area contributed by atoms with E-state index in [0.29, 0.717) is 52.4 Å². The van der Waals surface area contributed by atoms with Crippen LogP contribution in [0.25, 0.3) is 91.1 Å². The molecule has 0 amide bonds. The molecule has 58 heavy (non-hydrogen) atoms. The van der Waals surface area contributed by atoms with Crippen LogP contribution in [-0.2, 0) is 5.41 Å². The molecule has 9 nitrogen and oxygen atoms in total. The molecule has 0 saturated carbocycles. The quantitative estimate of drug-likeness (QED) is 0.150. The molecule has 0 aliphatic rings. The van der Waals surface area contributed by atoms with Gasteiger partial charge in [0.1, 0.15) is 5.82 Å². The first-order chi connectivity index (χ1) is 28.3. The van der Waals surface area contributed by atoms with Crippen LogP contribution < -0.4 is 0 Å². The molecule has 278 valence electrons. The summed E-state index contributed by atoms with van der Waals surface area (Å²) in [5.74, 6) is 5.21. The average molecular weight is 752 g/mol. The van der Waals surface area contributed by atoms with Gasteiger partial charge in [0.2, 0.25) is 0 Å². The van der Waals surface area contributed by atoms with Gasteiger partial charge < -0.3 is 0 Å². The minimum atomic E-state index is -0.297. The highest BCUT2D eigenvalue weighted by molar-refractivity contribution is 5.74. The molecule has 3 aromatic heterocycles. The van der Waals surface area contributed by atoms with Gasteiger partial charge in [-0.05, 0) is 12.1 Å². The molecule has 0 saturated heterocycles. The SMILES string of the molecule is CC(C)(C)c1nc(-c2ccccc2)nc(-c2cccc(-c3nc(-c4ccccc4)nc(-c4cccc(-c5nc(-c6ccccc6)nc(-c6ccccc6)n5)c4)n3)c2)n1. The molecule has 0 N–H and O–H groups in total. The molecule has 0 aliphatic carbocycles. The maximum atomic E-state index is 5.09. The van der Waals surface area contributed by atoms with E-state index in [-0.39, 0.29) is 5.41 Å². The highest BCUT2D eigenvalue weighted by atomic mass is 15.1. The van der Waals surface area contributed by atoms with Gasteiger partial charge in [0.15, 0.2) is 46.6 Å². The van der Waals surface area contributed by atoms with Gasteiger partial charge in [-0.1, -0.05) is 178 Å². The van der Waals surface area contributed by atoms with E-state index >= 15 is 0 Å². The molecule has 0 radical (unpaired) electrons. The summed E-state index contributed by atoms with van der Waals surface area (Å²) in [4.78, 5) is 44.7. The second-order valence-corrected chi connectivity index (χ2v) is 14.8. The van der Waals surface area contributed by atoms with E-state index in [1.807, 2.05) is 170 Å². The monoisotopic (exact) mass is 751 g/mol. The van der Waals surface area contributed by atoms with Crippen molar-refractivity contribution in [3.63, 3.8) is 0 Å². The first-order valence-corrected chi connectivity index (χ1v) is 19.1. The number of nitrogens with zero attached hydrogens (tertiary/aromatic N) is 9. The molecule has 0 atom stereocenters. The van der Waals surface area contributed by atoms with Crippen LogP contribution in [0.15, 0.2) is 170 Å². The normalized spacial score (nSPS) is 11.4. The van der Waals surface area contributed by atoms with Gasteiger partial charge in [0, 0.05) is 49.9 Å². The van der Waals surface area contributed by atoms with E-state index in [0.717, 1.165) is 44.5 Å². The predicted octanol–water partition coefficient (Wildman–Crippen LogP) is 10.9. The lowest BCUT2D eigenvalue weighted by molar-refractivity contribution is 0.543. The van der Waals surface area contributed by atoms with Crippen LogP contribution in [0.1, 0.15) is 26.6 Å². The van der Waals surface area contributed by atoms with Crippen LogP contribution >= 0.6 is 0 Å².